The molecule has 0 fully saturated rings. The van der Waals surface area contributed by atoms with E-state index < -0.39 is 6.10 Å². The first-order chi connectivity index (χ1) is 31.0. The topological polar surface area (TPSA) is 78.9 Å². The highest BCUT2D eigenvalue weighted by molar-refractivity contribution is 5.71. The van der Waals surface area contributed by atoms with Gasteiger partial charge in [-0.15, -0.1) is 0 Å². The van der Waals surface area contributed by atoms with Crippen LogP contribution >= 0.6 is 0 Å². The van der Waals surface area contributed by atoms with Gasteiger partial charge in [-0.1, -0.05) is 231 Å². The monoisotopic (exact) mass is 885 g/mol. The molecule has 0 N–H and O–H groups in total. The van der Waals surface area contributed by atoms with Crippen molar-refractivity contribution in [2.75, 3.05) is 13.2 Å². The summed E-state index contributed by atoms with van der Waals surface area (Å²) in [5, 5.41) is 0. The van der Waals surface area contributed by atoms with Crippen LogP contribution in [0.3, 0.4) is 0 Å². The molecule has 6 nitrogen and oxygen atoms in total. The molecular weight excluding hydrogens is 781 g/mol. The van der Waals surface area contributed by atoms with Crippen LogP contribution in [0.5, 0.6) is 0 Å². The van der Waals surface area contributed by atoms with Crippen LogP contribution in [0.25, 0.3) is 0 Å². The number of rotatable bonds is 50. The number of carbonyl (C=O) groups is 3. The lowest BCUT2D eigenvalue weighted by atomic mass is 10.0. The summed E-state index contributed by atoms with van der Waals surface area (Å²) in [6.07, 6.45) is 61.2. The van der Waals surface area contributed by atoms with E-state index in [0.29, 0.717) is 19.3 Å². The Bertz CT molecular complexity index is 1060. The van der Waals surface area contributed by atoms with Crippen molar-refractivity contribution in [1.29, 1.82) is 0 Å². The van der Waals surface area contributed by atoms with Crippen LogP contribution in [0.4, 0.5) is 0 Å². The third-order valence-corrected chi connectivity index (χ3v) is 12.1. The number of hydrogen-bond donors (Lipinski definition) is 0. The molecule has 0 aliphatic heterocycles. The van der Waals surface area contributed by atoms with Crippen LogP contribution in [-0.4, -0.2) is 37.2 Å². The van der Waals surface area contributed by atoms with Gasteiger partial charge in [0.2, 0.25) is 0 Å². The van der Waals surface area contributed by atoms with Gasteiger partial charge in [-0.05, 0) is 77.0 Å². The summed E-state index contributed by atoms with van der Waals surface area (Å²) in [5.74, 6) is -0.886. The van der Waals surface area contributed by atoms with Gasteiger partial charge in [0.05, 0.1) is 0 Å². The minimum atomic E-state index is -0.777. The molecule has 0 aliphatic carbocycles. The maximum atomic E-state index is 12.8. The van der Waals surface area contributed by atoms with E-state index in [-0.39, 0.29) is 31.1 Å². The van der Waals surface area contributed by atoms with Crippen LogP contribution in [0.1, 0.15) is 290 Å². The Morgan fingerprint density at radius 1 is 0.317 bits per heavy atom. The van der Waals surface area contributed by atoms with E-state index in [9.17, 15) is 14.4 Å². The number of carbonyl (C=O) groups excluding carboxylic acids is 3. The molecule has 0 spiro atoms. The highest BCUT2D eigenvalue weighted by Crippen LogP contribution is 2.16. The number of esters is 3. The molecule has 368 valence electrons. The lowest BCUT2D eigenvalue weighted by molar-refractivity contribution is -0.167. The van der Waals surface area contributed by atoms with Gasteiger partial charge >= 0.3 is 17.9 Å². The number of allylic oxidation sites excluding steroid dienone is 6. The van der Waals surface area contributed by atoms with Crippen molar-refractivity contribution in [3.05, 3.63) is 36.5 Å². The highest BCUT2D eigenvalue weighted by Gasteiger charge is 2.19. The fourth-order valence-electron chi connectivity index (χ4n) is 7.94. The molecule has 0 saturated carbocycles. The molecule has 0 bridgehead atoms. The molecule has 0 aliphatic rings. The first kappa shape index (κ1) is 60.6. The third-order valence-electron chi connectivity index (χ3n) is 12.1. The molecule has 0 saturated heterocycles. The summed E-state index contributed by atoms with van der Waals surface area (Å²) in [6, 6.07) is 0. The van der Waals surface area contributed by atoms with Gasteiger partial charge in [-0.2, -0.15) is 0 Å². The molecule has 0 aromatic rings. The van der Waals surface area contributed by atoms with E-state index >= 15 is 0 Å². The fourth-order valence-corrected chi connectivity index (χ4v) is 7.94. The van der Waals surface area contributed by atoms with Gasteiger partial charge in [-0.3, -0.25) is 14.4 Å². The van der Waals surface area contributed by atoms with Crippen molar-refractivity contribution >= 4 is 17.9 Å². The first-order valence-electron chi connectivity index (χ1n) is 27.5. The van der Waals surface area contributed by atoms with E-state index in [2.05, 4.69) is 57.2 Å². The second kappa shape index (κ2) is 52.3. The molecule has 1 atom stereocenters. The summed E-state index contributed by atoms with van der Waals surface area (Å²) >= 11 is 0. The molecule has 6 heteroatoms. The Morgan fingerprint density at radius 3 is 0.905 bits per heavy atom. The number of ether oxygens (including phenoxy) is 3. The lowest BCUT2D eigenvalue weighted by Gasteiger charge is -2.18. The SMILES string of the molecule is CCCCCC/C=C\C/C=C\CCCCCCCC(=O)OCC(COC(=O)CCCCCCC/C=C\CCCCCC)OC(=O)CCCCCCCCCCCCCCCCCC. The Balaban J connectivity index is 4.37. The lowest BCUT2D eigenvalue weighted by Crippen LogP contribution is -2.30. The standard InChI is InChI=1S/C57H104O6/c1-4-7-10-13-16-19-22-25-27-29-32-35-38-41-44-47-50-56(59)62-53-54(52-61-55(58)49-46-43-40-37-34-31-24-21-18-15-12-9-6-3)63-57(60)51-48-45-42-39-36-33-30-28-26-23-20-17-14-11-8-5-2/h19,21-22,24,27,29,54H,4-18,20,23,25-26,28,30-53H2,1-3H3/b22-19-,24-21-,29-27-. The first-order valence-corrected chi connectivity index (χ1v) is 27.5. The van der Waals surface area contributed by atoms with Crippen molar-refractivity contribution in [3.8, 4) is 0 Å². The molecule has 0 aromatic heterocycles. The van der Waals surface area contributed by atoms with Crippen LogP contribution in [0.2, 0.25) is 0 Å². The second-order valence-corrected chi connectivity index (χ2v) is 18.5. The molecule has 1 unspecified atom stereocenters. The molecular formula is C57H104O6. The predicted octanol–water partition coefficient (Wildman–Crippen LogP) is 18.1. The highest BCUT2D eigenvalue weighted by atomic mass is 16.6. The Hall–Kier alpha value is -2.37. The molecule has 0 radical (unpaired) electrons. The number of hydrogen-bond acceptors (Lipinski definition) is 6. The van der Waals surface area contributed by atoms with E-state index in [1.165, 1.54) is 167 Å². The summed E-state index contributed by atoms with van der Waals surface area (Å²) in [4.78, 5) is 38.0. The van der Waals surface area contributed by atoms with Crippen LogP contribution in [0, 0.1) is 0 Å². The molecule has 0 heterocycles. The summed E-state index contributed by atoms with van der Waals surface area (Å²) < 4.78 is 16.8. The Labute approximate surface area is 391 Å². The van der Waals surface area contributed by atoms with Crippen LogP contribution in [-0.2, 0) is 28.6 Å². The van der Waals surface area contributed by atoms with Gasteiger partial charge in [0.15, 0.2) is 6.10 Å². The summed E-state index contributed by atoms with van der Waals surface area (Å²) in [5.41, 5.74) is 0. The zero-order valence-electron chi connectivity index (χ0n) is 42.1. The second-order valence-electron chi connectivity index (χ2n) is 18.5. The Kier molecular flexibility index (Phi) is 50.3. The van der Waals surface area contributed by atoms with Gasteiger partial charge in [-0.25, -0.2) is 0 Å². The zero-order chi connectivity index (χ0) is 45.8. The van der Waals surface area contributed by atoms with E-state index in [0.717, 1.165) is 83.5 Å². The molecule has 0 aromatic carbocycles. The molecule has 0 rings (SSSR count). The zero-order valence-corrected chi connectivity index (χ0v) is 42.1. The molecule has 0 amide bonds. The van der Waals surface area contributed by atoms with E-state index in [1.807, 2.05) is 0 Å². The van der Waals surface area contributed by atoms with Crippen molar-refractivity contribution in [1.82, 2.24) is 0 Å². The van der Waals surface area contributed by atoms with Crippen LogP contribution < -0.4 is 0 Å². The van der Waals surface area contributed by atoms with Gasteiger partial charge in [0, 0.05) is 19.3 Å². The summed E-state index contributed by atoms with van der Waals surface area (Å²) in [7, 11) is 0. The average molecular weight is 885 g/mol. The maximum Gasteiger partial charge on any atom is 0.306 e. The van der Waals surface area contributed by atoms with Crippen LogP contribution in [0.15, 0.2) is 36.5 Å². The van der Waals surface area contributed by atoms with Crippen molar-refractivity contribution in [2.24, 2.45) is 0 Å². The van der Waals surface area contributed by atoms with Crippen molar-refractivity contribution < 1.29 is 28.6 Å². The maximum absolute atomic E-state index is 12.8. The van der Waals surface area contributed by atoms with Crippen molar-refractivity contribution in [2.45, 2.75) is 297 Å². The third kappa shape index (κ3) is 50.5. The number of unbranched alkanes of at least 4 members (excludes halogenated alkanes) is 33. The van der Waals surface area contributed by atoms with Gasteiger partial charge < -0.3 is 14.2 Å². The van der Waals surface area contributed by atoms with E-state index in [4.69, 9.17) is 14.2 Å². The quantitative estimate of drug-likeness (QED) is 0.0262. The Morgan fingerprint density at radius 2 is 0.571 bits per heavy atom. The van der Waals surface area contributed by atoms with E-state index in [1.54, 1.807) is 0 Å². The summed E-state index contributed by atoms with van der Waals surface area (Å²) in [6.45, 7) is 6.62. The average Bonchev–Trinajstić information content (AvgIpc) is 3.28. The minimum absolute atomic E-state index is 0.0780. The minimum Gasteiger partial charge on any atom is -0.462 e. The van der Waals surface area contributed by atoms with Gasteiger partial charge in [0.25, 0.3) is 0 Å². The normalized spacial score (nSPS) is 12.2. The van der Waals surface area contributed by atoms with Gasteiger partial charge in [0.1, 0.15) is 13.2 Å². The van der Waals surface area contributed by atoms with Crippen molar-refractivity contribution in [3.63, 3.8) is 0 Å². The largest absolute Gasteiger partial charge is 0.462 e. The predicted molar refractivity (Wildman–Crippen MR) is 270 cm³/mol. The fraction of sp³-hybridized carbons (Fsp3) is 0.842. The smallest absolute Gasteiger partial charge is 0.306 e. The molecule has 63 heavy (non-hydrogen) atoms.